The maximum Gasteiger partial charge on any atom is 0.289 e. The number of hydrogen-bond acceptors (Lipinski definition) is 4. The average Bonchev–Trinajstić information content (AvgIpc) is 3.40. The lowest BCUT2D eigenvalue weighted by Gasteiger charge is -2.37. The SMILES string of the molecule is CC(=O)N1CCc2ccc(OCc3ccc(C(=O)N(C)Cc4ccccc4)o3)cc2C1c1ccccc1. The number of rotatable bonds is 7. The van der Waals surface area contributed by atoms with Crippen molar-refractivity contribution in [1.82, 2.24) is 9.80 Å². The average molecular weight is 495 g/mol. The molecule has 0 fully saturated rings. The summed E-state index contributed by atoms with van der Waals surface area (Å²) in [4.78, 5) is 28.8. The van der Waals surface area contributed by atoms with Gasteiger partial charge >= 0.3 is 0 Å². The standard InChI is InChI=1S/C31H30N2O4/c1-22(34)33-18-17-24-13-14-26(19-28(24)30(33)25-11-7-4-8-12-25)36-21-27-15-16-29(37-27)31(35)32(2)20-23-9-5-3-6-10-23/h3-16,19,30H,17-18,20-21H2,1-2H3. The second-order valence-corrected chi connectivity index (χ2v) is 9.34. The summed E-state index contributed by atoms with van der Waals surface area (Å²) in [6.45, 7) is 3.00. The highest BCUT2D eigenvalue weighted by atomic mass is 16.5. The van der Waals surface area contributed by atoms with Crippen molar-refractivity contribution >= 4 is 11.8 Å². The smallest absolute Gasteiger partial charge is 0.289 e. The van der Waals surface area contributed by atoms with Gasteiger partial charge in [-0.05, 0) is 52.9 Å². The summed E-state index contributed by atoms with van der Waals surface area (Å²) in [6, 6.07) is 29.3. The number of fused-ring (bicyclic) bond motifs is 1. The summed E-state index contributed by atoms with van der Waals surface area (Å²) in [5.74, 6) is 1.41. The fourth-order valence-electron chi connectivity index (χ4n) is 4.86. The second kappa shape index (κ2) is 10.7. The molecule has 0 N–H and O–H groups in total. The van der Waals surface area contributed by atoms with Gasteiger partial charge in [-0.3, -0.25) is 9.59 Å². The zero-order valence-electron chi connectivity index (χ0n) is 21.1. The van der Waals surface area contributed by atoms with E-state index in [4.69, 9.17) is 9.15 Å². The first-order chi connectivity index (χ1) is 18.0. The lowest BCUT2D eigenvalue weighted by molar-refractivity contribution is -0.130. The Bertz CT molecular complexity index is 1380. The molecular formula is C31H30N2O4. The van der Waals surface area contributed by atoms with Gasteiger partial charge in [-0.25, -0.2) is 0 Å². The molecule has 188 valence electrons. The minimum absolute atomic E-state index is 0.0517. The molecule has 1 aromatic heterocycles. The predicted octanol–water partition coefficient (Wildman–Crippen LogP) is 5.62. The Morgan fingerprint density at radius 1 is 0.973 bits per heavy atom. The molecule has 4 aromatic rings. The lowest BCUT2D eigenvalue weighted by Crippen LogP contribution is -2.39. The van der Waals surface area contributed by atoms with E-state index in [0.717, 1.165) is 23.1 Å². The van der Waals surface area contributed by atoms with Gasteiger partial charge in [-0.2, -0.15) is 0 Å². The van der Waals surface area contributed by atoms with E-state index in [9.17, 15) is 9.59 Å². The zero-order chi connectivity index (χ0) is 25.8. The number of benzene rings is 3. The molecular weight excluding hydrogens is 464 g/mol. The van der Waals surface area contributed by atoms with Crippen molar-refractivity contribution in [2.75, 3.05) is 13.6 Å². The van der Waals surface area contributed by atoms with E-state index in [1.54, 1.807) is 31.0 Å². The Hall–Kier alpha value is -4.32. The van der Waals surface area contributed by atoms with Crippen LogP contribution in [0.5, 0.6) is 5.75 Å². The third-order valence-electron chi connectivity index (χ3n) is 6.73. The maximum atomic E-state index is 12.8. The molecule has 0 saturated carbocycles. The van der Waals surface area contributed by atoms with Crippen LogP contribution in [-0.2, 0) is 24.4 Å². The van der Waals surface area contributed by atoms with Crippen molar-refractivity contribution in [3.63, 3.8) is 0 Å². The summed E-state index contributed by atoms with van der Waals surface area (Å²) in [6.07, 6.45) is 0.804. The van der Waals surface area contributed by atoms with Gasteiger partial charge < -0.3 is 19.0 Å². The molecule has 37 heavy (non-hydrogen) atoms. The Morgan fingerprint density at radius 2 is 1.70 bits per heavy atom. The summed E-state index contributed by atoms with van der Waals surface area (Å²) in [5, 5.41) is 0. The summed E-state index contributed by atoms with van der Waals surface area (Å²) in [5.41, 5.74) is 4.41. The van der Waals surface area contributed by atoms with Crippen molar-refractivity contribution in [1.29, 1.82) is 0 Å². The third kappa shape index (κ3) is 5.43. The third-order valence-corrected chi connectivity index (χ3v) is 6.73. The topological polar surface area (TPSA) is 63.0 Å². The summed E-state index contributed by atoms with van der Waals surface area (Å²) < 4.78 is 11.9. The molecule has 1 aliphatic rings. The number of hydrogen-bond donors (Lipinski definition) is 0. The van der Waals surface area contributed by atoms with Gasteiger partial charge in [0.15, 0.2) is 5.76 Å². The lowest BCUT2D eigenvalue weighted by atomic mass is 9.88. The first-order valence-corrected chi connectivity index (χ1v) is 12.5. The molecule has 6 nitrogen and oxygen atoms in total. The molecule has 3 aromatic carbocycles. The zero-order valence-corrected chi connectivity index (χ0v) is 21.1. The molecule has 0 aliphatic carbocycles. The molecule has 1 aliphatic heterocycles. The molecule has 0 saturated heterocycles. The van der Waals surface area contributed by atoms with E-state index in [1.165, 1.54) is 5.56 Å². The van der Waals surface area contributed by atoms with Gasteiger partial charge in [0.25, 0.3) is 5.91 Å². The molecule has 0 bridgehead atoms. The van der Waals surface area contributed by atoms with Gasteiger partial charge in [-0.1, -0.05) is 66.7 Å². The van der Waals surface area contributed by atoms with Gasteiger partial charge in [0.05, 0.1) is 6.04 Å². The number of carbonyl (C=O) groups excluding carboxylic acids is 2. The normalized spacial score (nSPS) is 14.6. The molecule has 2 heterocycles. The molecule has 2 amide bonds. The van der Waals surface area contributed by atoms with Crippen LogP contribution in [0.3, 0.4) is 0 Å². The van der Waals surface area contributed by atoms with Crippen LogP contribution >= 0.6 is 0 Å². The van der Waals surface area contributed by atoms with E-state index >= 15 is 0 Å². The fourth-order valence-corrected chi connectivity index (χ4v) is 4.86. The van der Waals surface area contributed by atoms with Crippen molar-refractivity contribution in [3.8, 4) is 5.75 Å². The first kappa shape index (κ1) is 24.4. The van der Waals surface area contributed by atoms with Crippen LogP contribution in [-0.4, -0.2) is 35.2 Å². The molecule has 5 rings (SSSR count). The van der Waals surface area contributed by atoms with E-state index in [0.29, 0.717) is 24.6 Å². The van der Waals surface area contributed by atoms with Crippen LogP contribution in [0.2, 0.25) is 0 Å². The van der Waals surface area contributed by atoms with Crippen molar-refractivity contribution in [2.45, 2.75) is 32.5 Å². The minimum Gasteiger partial charge on any atom is -0.486 e. The monoisotopic (exact) mass is 494 g/mol. The number of nitrogens with zero attached hydrogens (tertiary/aromatic N) is 2. The largest absolute Gasteiger partial charge is 0.486 e. The first-order valence-electron chi connectivity index (χ1n) is 12.5. The minimum atomic E-state index is -0.182. The highest BCUT2D eigenvalue weighted by Crippen LogP contribution is 2.37. The number of amides is 2. The second-order valence-electron chi connectivity index (χ2n) is 9.34. The van der Waals surface area contributed by atoms with Gasteiger partial charge in [-0.15, -0.1) is 0 Å². The van der Waals surface area contributed by atoms with E-state index in [2.05, 4.69) is 18.2 Å². The molecule has 6 heteroatoms. The van der Waals surface area contributed by atoms with Crippen LogP contribution < -0.4 is 4.74 Å². The van der Waals surface area contributed by atoms with E-state index < -0.39 is 0 Å². The quantitative estimate of drug-likeness (QED) is 0.334. The highest BCUT2D eigenvalue weighted by molar-refractivity contribution is 5.91. The Kier molecular flexibility index (Phi) is 7.08. The summed E-state index contributed by atoms with van der Waals surface area (Å²) in [7, 11) is 1.76. The fraction of sp³-hybridized carbons (Fsp3) is 0.226. The Balaban J connectivity index is 1.29. The Morgan fingerprint density at radius 3 is 2.43 bits per heavy atom. The molecule has 1 atom stereocenters. The Labute approximate surface area is 217 Å². The molecule has 1 unspecified atom stereocenters. The maximum absolute atomic E-state index is 12.8. The predicted molar refractivity (Wildman–Crippen MR) is 141 cm³/mol. The van der Waals surface area contributed by atoms with Crippen LogP contribution in [0, 0.1) is 0 Å². The number of ether oxygens (including phenoxy) is 1. The van der Waals surface area contributed by atoms with Gasteiger partial charge in [0, 0.05) is 27.1 Å². The van der Waals surface area contributed by atoms with Crippen LogP contribution in [0.15, 0.2) is 95.4 Å². The van der Waals surface area contributed by atoms with Crippen molar-refractivity contribution in [2.24, 2.45) is 0 Å². The number of carbonyl (C=O) groups is 2. The van der Waals surface area contributed by atoms with E-state index in [-0.39, 0.29) is 30.2 Å². The number of furan rings is 1. The van der Waals surface area contributed by atoms with E-state index in [1.807, 2.05) is 65.6 Å². The summed E-state index contributed by atoms with van der Waals surface area (Å²) >= 11 is 0. The molecule has 0 spiro atoms. The van der Waals surface area contributed by atoms with Crippen molar-refractivity contribution in [3.05, 3.63) is 125 Å². The van der Waals surface area contributed by atoms with Crippen LogP contribution in [0.1, 0.15) is 51.5 Å². The molecule has 0 radical (unpaired) electrons. The van der Waals surface area contributed by atoms with Gasteiger partial charge in [0.2, 0.25) is 5.91 Å². The van der Waals surface area contributed by atoms with Crippen LogP contribution in [0.4, 0.5) is 0 Å². The van der Waals surface area contributed by atoms with Crippen molar-refractivity contribution < 1.29 is 18.7 Å². The van der Waals surface area contributed by atoms with Crippen LogP contribution in [0.25, 0.3) is 0 Å². The van der Waals surface area contributed by atoms with Gasteiger partial charge in [0.1, 0.15) is 18.1 Å². The highest BCUT2D eigenvalue weighted by Gasteiger charge is 2.30.